The predicted molar refractivity (Wildman–Crippen MR) is 121 cm³/mol. The second-order valence-corrected chi connectivity index (χ2v) is 9.36. The van der Waals surface area contributed by atoms with Crippen LogP contribution in [0.2, 0.25) is 0 Å². The van der Waals surface area contributed by atoms with Crippen LogP contribution in [0, 0.1) is 11.7 Å². The summed E-state index contributed by atoms with van der Waals surface area (Å²) in [5.74, 6) is -0.252. The van der Waals surface area contributed by atoms with Crippen molar-refractivity contribution < 1.29 is 27.4 Å². The van der Waals surface area contributed by atoms with Crippen molar-refractivity contribution in [3.8, 4) is 0 Å². The Morgan fingerprint density at radius 2 is 1.88 bits per heavy atom. The molecule has 0 fully saturated rings. The Balaban J connectivity index is 1.60. The Morgan fingerprint density at radius 1 is 1.15 bits per heavy atom. The molecule has 0 heterocycles. The van der Waals surface area contributed by atoms with Gasteiger partial charge in [0.25, 0.3) is 0 Å². The van der Waals surface area contributed by atoms with Crippen molar-refractivity contribution in [2.75, 3.05) is 19.7 Å². The van der Waals surface area contributed by atoms with Crippen LogP contribution in [-0.2, 0) is 17.6 Å². The van der Waals surface area contributed by atoms with Gasteiger partial charge in [-0.2, -0.15) is 13.2 Å². The molecule has 0 radical (unpaired) electrons. The fourth-order valence-corrected chi connectivity index (χ4v) is 5.00. The summed E-state index contributed by atoms with van der Waals surface area (Å²) < 4.78 is 56.9. The number of benzene rings is 2. The maximum Gasteiger partial charge on any atom is 0.411 e. The van der Waals surface area contributed by atoms with Gasteiger partial charge in [-0.25, -0.2) is 4.39 Å². The molecule has 3 nitrogen and oxygen atoms in total. The molecule has 0 spiro atoms. The third kappa shape index (κ3) is 7.26. The van der Waals surface area contributed by atoms with Gasteiger partial charge in [0.15, 0.2) is 0 Å². The number of hydrogen-bond donors (Lipinski definition) is 2. The van der Waals surface area contributed by atoms with E-state index >= 15 is 0 Å². The normalized spacial score (nSPS) is 21.8. The topological polar surface area (TPSA) is 41.5 Å². The first-order valence-corrected chi connectivity index (χ1v) is 11.5. The number of halogens is 4. The van der Waals surface area contributed by atoms with Gasteiger partial charge in [0, 0.05) is 12.5 Å². The van der Waals surface area contributed by atoms with Crippen LogP contribution in [0.25, 0.3) is 0 Å². The minimum absolute atomic E-state index is 0.134. The zero-order valence-electron chi connectivity index (χ0n) is 19.2. The van der Waals surface area contributed by atoms with Crippen LogP contribution in [0.3, 0.4) is 0 Å². The standard InChI is InChI=1S/C26H33F4NO2/c1-18(2)24-23-9-8-21(27)15-20(23)10-11-25(24,32)12-13-31-16-22(33-17-26(28,29)30)14-19-6-4-3-5-7-19/h3-9,15,18,22,24,31-32H,10-14,16-17H2,1-2H3. The van der Waals surface area contributed by atoms with Gasteiger partial charge in [0.2, 0.25) is 0 Å². The maximum atomic E-state index is 13.7. The number of alkyl halides is 3. The number of nitrogens with one attached hydrogen (secondary N) is 1. The molecule has 2 N–H and O–H groups in total. The highest BCUT2D eigenvalue weighted by Crippen LogP contribution is 2.45. The van der Waals surface area contributed by atoms with Crippen LogP contribution in [0.1, 0.15) is 49.3 Å². The molecule has 0 saturated carbocycles. The van der Waals surface area contributed by atoms with Crippen LogP contribution in [0.4, 0.5) is 17.6 Å². The fourth-order valence-electron chi connectivity index (χ4n) is 5.00. The lowest BCUT2D eigenvalue weighted by atomic mass is 9.66. The summed E-state index contributed by atoms with van der Waals surface area (Å²) in [4.78, 5) is 0. The first-order chi connectivity index (χ1) is 15.6. The molecule has 7 heteroatoms. The molecule has 3 unspecified atom stereocenters. The second kappa shape index (κ2) is 11.0. The monoisotopic (exact) mass is 467 g/mol. The van der Waals surface area contributed by atoms with Crippen LogP contribution in [-0.4, -0.2) is 42.7 Å². The molecule has 2 aromatic carbocycles. The van der Waals surface area contributed by atoms with Gasteiger partial charge in [-0.1, -0.05) is 50.2 Å². The second-order valence-electron chi connectivity index (χ2n) is 9.36. The molecular formula is C26H33F4NO2. The van der Waals surface area contributed by atoms with E-state index in [0.29, 0.717) is 32.2 Å². The number of aryl methyl sites for hydroxylation is 1. The Hall–Kier alpha value is -1.96. The van der Waals surface area contributed by atoms with Crippen molar-refractivity contribution in [3.05, 3.63) is 71.0 Å². The quantitative estimate of drug-likeness (QED) is 0.363. The summed E-state index contributed by atoms with van der Waals surface area (Å²) in [6.07, 6.45) is -3.10. The van der Waals surface area contributed by atoms with Gasteiger partial charge >= 0.3 is 6.18 Å². The predicted octanol–water partition coefficient (Wildman–Crippen LogP) is 5.41. The van der Waals surface area contributed by atoms with Crippen LogP contribution in [0.5, 0.6) is 0 Å². The molecule has 1 aliphatic carbocycles. The molecule has 1 aliphatic rings. The van der Waals surface area contributed by atoms with Crippen LogP contribution >= 0.6 is 0 Å². The summed E-state index contributed by atoms with van der Waals surface area (Å²) in [6.45, 7) is 3.48. The molecule has 182 valence electrons. The van der Waals surface area contributed by atoms with Crippen molar-refractivity contribution in [1.29, 1.82) is 0 Å². The Labute approximate surface area is 193 Å². The highest BCUT2D eigenvalue weighted by molar-refractivity contribution is 5.37. The van der Waals surface area contributed by atoms with Crippen LogP contribution < -0.4 is 5.32 Å². The third-order valence-electron chi connectivity index (χ3n) is 6.41. The molecule has 3 rings (SSSR count). The van der Waals surface area contributed by atoms with Crippen molar-refractivity contribution in [2.24, 2.45) is 5.92 Å². The summed E-state index contributed by atoms with van der Waals surface area (Å²) in [5, 5.41) is 14.7. The van der Waals surface area contributed by atoms with E-state index in [-0.39, 0.29) is 24.2 Å². The first kappa shape index (κ1) is 25.7. The van der Waals surface area contributed by atoms with E-state index in [1.165, 1.54) is 6.07 Å². The van der Waals surface area contributed by atoms with E-state index in [0.717, 1.165) is 16.7 Å². The van der Waals surface area contributed by atoms with E-state index in [9.17, 15) is 22.7 Å². The molecule has 0 amide bonds. The van der Waals surface area contributed by atoms with Crippen molar-refractivity contribution >= 4 is 0 Å². The molecular weight excluding hydrogens is 434 g/mol. The van der Waals surface area contributed by atoms with Gasteiger partial charge in [-0.05, 0) is 67.0 Å². The number of fused-ring (bicyclic) bond motifs is 1. The van der Waals surface area contributed by atoms with Gasteiger partial charge in [-0.15, -0.1) is 0 Å². The lowest BCUT2D eigenvalue weighted by Gasteiger charge is -2.44. The highest BCUT2D eigenvalue weighted by atomic mass is 19.4. The zero-order valence-corrected chi connectivity index (χ0v) is 19.2. The molecule has 33 heavy (non-hydrogen) atoms. The van der Waals surface area contributed by atoms with E-state index < -0.39 is 24.5 Å². The van der Waals surface area contributed by atoms with Gasteiger partial charge in [-0.3, -0.25) is 0 Å². The van der Waals surface area contributed by atoms with E-state index in [1.54, 1.807) is 12.1 Å². The van der Waals surface area contributed by atoms with Gasteiger partial charge < -0.3 is 15.2 Å². The minimum Gasteiger partial charge on any atom is -0.389 e. The van der Waals surface area contributed by atoms with Crippen molar-refractivity contribution in [2.45, 2.75) is 63.3 Å². The Bertz CT molecular complexity index is 888. The number of aliphatic hydroxyl groups is 1. The molecule has 2 aromatic rings. The molecule has 0 bridgehead atoms. The summed E-state index contributed by atoms with van der Waals surface area (Å²) >= 11 is 0. The summed E-state index contributed by atoms with van der Waals surface area (Å²) in [7, 11) is 0. The lowest BCUT2D eigenvalue weighted by Crippen LogP contribution is -2.45. The summed E-state index contributed by atoms with van der Waals surface area (Å²) in [5.41, 5.74) is 1.86. The van der Waals surface area contributed by atoms with Crippen molar-refractivity contribution in [3.63, 3.8) is 0 Å². The van der Waals surface area contributed by atoms with E-state index in [1.807, 2.05) is 44.2 Å². The molecule has 0 aromatic heterocycles. The zero-order chi connectivity index (χ0) is 24.1. The van der Waals surface area contributed by atoms with E-state index in [4.69, 9.17) is 4.74 Å². The SMILES string of the molecule is CC(C)C1c2ccc(F)cc2CCC1(O)CCNCC(Cc1ccccc1)OCC(F)(F)F. The van der Waals surface area contributed by atoms with Crippen LogP contribution in [0.15, 0.2) is 48.5 Å². The average Bonchev–Trinajstić information content (AvgIpc) is 2.75. The lowest BCUT2D eigenvalue weighted by molar-refractivity contribution is -0.184. The van der Waals surface area contributed by atoms with Crippen molar-refractivity contribution in [1.82, 2.24) is 5.32 Å². The average molecular weight is 468 g/mol. The largest absolute Gasteiger partial charge is 0.411 e. The van der Waals surface area contributed by atoms with Gasteiger partial charge in [0.1, 0.15) is 12.4 Å². The smallest absolute Gasteiger partial charge is 0.389 e. The first-order valence-electron chi connectivity index (χ1n) is 11.5. The van der Waals surface area contributed by atoms with Gasteiger partial charge in [0.05, 0.1) is 11.7 Å². The highest BCUT2D eigenvalue weighted by Gasteiger charge is 2.42. The summed E-state index contributed by atoms with van der Waals surface area (Å²) in [6, 6.07) is 14.0. The number of rotatable bonds is 10. The maximum absolute atomic E-state index is 13.7. The molecule has 3 atom stereocenters. The Kier molecular flexibility index (Phi) is 8.54. The minimum atomic E-state index is -4.39. The third-order valence-corrected chi connectivity index (χ3v) is 6.41. The Morgan fingerprint density at radius 3 is 2.55 bits per heavy atom. The number of hydrogen-bond acceptors (Lipinski definition) is 3. The number of ether oxygens (including phenoxy) is 1. The molecule has 0 aliphatic heterocycles. The fraction of sp³-hybridized carbons (Fsp3) is 0.538. The van der Waals surface area contributed by atoms with E-state index in [2.05, 4.69) is 5.32 Å². The molecule has 0 saturated heterocycles.